The first kappa shape index (κ1) is 21.0. The summed E-state index contributed by atoms with van der Waals surface area (Å²) in [6.07, 6.45) is 1.52. The lowest BCUT2D eigenvalue weighted by Crippen LogP contribution is -2.85. The summed E-state index contributed by atoms with van der Waals surface area (Å²) in [7, 11) is -3.55. The third-order valence-electron chi connectivity index (χ3n) is 6.28. The Morgan fingerprint density at radius 2 is 1.63 bits per heavy atom. The third kappa shape index (κ3) is 3.23. The van der Waals surface area contributed by atoms with Gasteiger partial charge in [-0.25, -0.2) is 12.8 Å². The number of benzene rings is 2. The fourth-order valence-corrected chi connectivity index (χ4v) is 6.61. The molecule has 8 heteroatoms. The van der Waals surface area contributed by atoms with Crippen molar-refractivity contribution in [2.75, 3.05) is 26.0 Å². The second-order valence-electron chi connectivity index (χ2n) is 8.12. The molecule has 6 nitrogen and oxygen atoms in total. The summed E-state index contributed by atoms with van der Waals surface area (Å²) in [5.41, 5.74) is 2.00. The van der Waals surface area contributed by atoms with E-state index < -0.39 is 21.6 Å². The van der Waals surface area contributed by atoms with Gasteiger partial charge in [0, 0.05) is 25.4 Å². The molecule has 0 aliphatic carbocycles. The fraction of sp³-hybridized carbons (Fsp3) is 0.409. The van der Waals surface area contributed by atoms with E-state index in [4.69, 9.17) is 0 Å². The van der Waals surface area contributed by atoms with Crippen LogP contribution in [-0.4, -0.2) is 66.2 Å². The maximum Gasteiger partial charge on any atom is 0.222 e. The molecule has 1 spiro atoms. The van der Waals surface area contributed by atoms with Gasteiger partial charge in [-0.05, 0) is 28.8 Å². The average molecular weight is 433 g/mol. The van der Waals surface area contributed by atoms with Crippen LogP contribution in [0.3, 0.4) is 0 Å². The van der Waals surface area contributed by atoms with Gasteiger partial charge in [0.25, 0.3) is 0 Å². The molecule has 0 saturated carbocycles. The van der Waals surface area contributed by atoms with Gasteiger partial charge in [0.2, 0.25) is 15.9 Å². The first-order valence-electron chi connectivity index (χ1n) is 9.95. The molecule has 2 aromatic carbocycles. The van der Waals surface area contributed by atoms with Crippen LogP contribution < -0.4 is 0 Å². The van der Waals surface area contributed by atoms with Crippen molar-refractivity contribution in [3.05, 3.63) is 59.9 Å². The largest absolute Gasteiger partial charge is 0.395 e. The third-order valence-corrected chi connectivity index (χ3v) is 7.63. The number of hydrogen-bond donors (Lipinski definition) is 1. The monoisotopic (exact) mass is 432 g/mol. The van der Waals surface area contributed by atoms with E-state index in [0.717, 1.165) is 22.9 Å². The Labute approximate surface area is 176 Å². The van der Waals surface area contributed by atoms with Crippen LogP contribution in [0.2, 0.25) is 0 Å². The molecule has 2 aliphatic heterocycles. The molecular formula is C22H25FN2O4S. The van der Waals surface area contributed by atoms with E-state index in [1.807, 2.05) is 24.3 Å². The van der Waals surface area contributed by atoms with Crippen LogP contribution >= 0.6 is 0 Å². The average Bonchev–Trinajstić information content (AvgIpc) is 2.66. The highest BCUT2D eigenvalue weighted by Crippen LogP contribution is 2.55. The molecule has 160 valence electrons. The number of halogens is 1. The fourth-order valence-electron chi connectivity index (χ4n) is 5.04. The lowest BCUT2D eigenvalue weighted by Gasteiger charge is -2.69. The van der Waals surface area contributed by atoms with E-state index >= 15 is 0 Å². The minimum atomic E-state index is -3.55. The van der Waals surface area contributed by atoms with Crippen molar-refractivity contribution >= 4 is 15.9 Å². The molecule has 2 aliphatic rings. The smallest absolute Gasteiger partial charge is 0.222 e. The minimum absolute atomic E-state index is 0.00747. The Balaban J connectivity index is 1.66. The summed E-state index contributed by atoms with van der Waals surface area (Å²) in [5, 5.41) is 9.96. The zero-order valence-corrected chi connectivity index (χ0v) is 17.8. The SMILES string of the molecule is CCC(=O)N1CC2(C1)[C@H](c1ccc(-c3ccc(F)cc3)cc1)[C@@H](CO)N2S(C)(=O)=O. The van der Waals surface area contributed by atoms with Gasteiger partial charge in [0.05, 0.1) is 24.4 Å². The summed E-state index contributed by atoms with van der Waals surface area (Å²) in [6.45, 7) is 2.15. The lowest BCUT2D eigenvalue weighted by atomic mass is 9.62. The van der Waals surface area contributed by atoms with E-state index in [2.05, 4.69) is 0 Å². The molecule has 0 bridgehead atoms. The maximum atomic E-state index is 13.2. The number of hydrogen-bond acceptors (Lipinski definition) is 4. The van der Waals surface area contributed by atoms with Gasteiger partial charge in [-0.3, -0.25) is 4.79 Å². The molecular weight excluding hydrogens is 407 g/mol. The summed E-state index contributed by atoms with van der Waals surface area (Å²) in [5.74, 6) is -0.512. The zero-order valence-electron chi connectivity index (χ0n) is 17.0. The van der Waals surface area contributed by atoms with Gasteiger partial charge in [-0.15, -0.1) is 0 Å². The number of likely N-dealkylation sites (tertiary alicyclic amines) is 1. The lowest BCUT2D eigenvalue weighted by molar-refractivity contribution is -0.167. The first-order chi connectivity index (χ1) is 14.2. The number of sulfonamides is 1. The van der Waals surface area contributed by atoms with Gasteiger partial charge < -0.3 is 10.0 Å². The predicted octanol–water partition coefficient (Wildman–Crippen LogP) is 2.20. The Bertz CT molecular complexity index is 1050. The summed E-state index contributed by atoms with van der Waals surface area (Å²) in [4.78, 5) is 13.8. The normalized spacial score (nSPS) is 23.1. The van der Waals surface area contributed by atoms with Gasteiger partial charge in [-0.1, -0.05) is 43.3 Å². The molecule has 2 atom stereocenters. The van der Waals surface area contributed by atoms with Crippen LogP contribution in [0.5, 0.6) is 0 Å². The molecule has 30 heavy (non-hydrogen) atoms. The van der Waals surface area contributed by atoms with Crippen LogP contribution in [-0.2, 0) is 14.8 Å². The molecule has 4 rings (SSSR count). The van der Waals surface area contributed by atoms with Crippen LogP contribution in [0.4, 0.5) is 4.39 Å². The number of carbonyl (C=O) groups excluding carboxylic acids is 1. The van der Waals surface area contributed by atoms with Crippen molar-refractivity contribution in [2.24, 2.45) is 0 Å². The maximum absolute atomic E-state index is 13.2. The Hall–Kier alpha value is -2.29. The van der Waals surface area contributed by atoms with Gasteiger partial charge in [0.1, 0.15) is 5.82 Å². The number of amides is 1. The number of aliphatic hydroxyl groups is 1. The molecule has 2 aromatic rings. The van der Waals surface area contributed by atoms with E-state index in [9.17, 15) is 22.7 Å². The van der Waals surface area contributed by atoms with Crippen LogP contribution in [0.25, 0.3) is 11.1 Å². The van der Waals surface area contributed by atoms with Crippen molar-refractivity contribution in [3.8, 4) is 11.1 Å². The predicted molar refractivity (Wildman–Crippen MR) is 112 cm³/mol. The molecule has 1 N–H and O–H groups in total. The highest BCUT2D eigenvalue weighted by atomic mass is 32.2. The van der Waals surface area contributed by atoms with Crippen LogP contribution in [0.15, 0.2) is 48.5 Å². The van der Waals surface area contributed by atoms with E-state index in [-0.39, 0.29) is 24.2 Å². The Morgan fingerprint density at radius 3 is 2.10 bits per heavy atom. The van der Waals surface area contributed by atoms with Crippen LogP contribution in [0, 0.1) is 5.82 Å². The standard InChI is InChI=1S/C22H25FN2O4S/c1-3-20(27)24-13-22(14-24)21(19(12-26)25(22)30(2,28)29)17-6-4-15(5-7-17)16-8-10-18(23)11-9-16/h4-11,19,21,26H,3,12-14H2,1-2H3/t19-,21-/m1/s1. The summed E-state index contributed by atoms with van der Waals surface area (Å²) < 4.78 is 39.5. The second-order valence-corrected chi connectivity index (χ2v) is 9.98. The molecule has 1 amide bonds. The van der Waals surface area contributed by atoms with Crippen molar-refractivity contribution in [2.45, 2.75) is 30.8 Å². The molecule has 0 unspecified atom stereocenters. The molecule has 2 heterocycles. The Kier molecular flexibility index (Phi) is 5.20. The molecule has 2 saturated heterocycles. The number of aliphatic hydroxyl groups excluding tert-OH is 1. The Morgan fingerprint density at radius 1 is 1.10 bits per heavy atom. The number of nitrogens with zero attached hydrogens (tertiary/aromatic N) is 2. The van der Waals surface area contributed by atoms with E-state index in [0.29, 0.717) is 19.5 Å². The van der Waals surface area contributed by atoms with Crippen molar-refractivity contribution < 1.29 is 22.7 Å². The van der Waals surface area contributed by atoms with E-state index in [1.165, 1.54) is 16.4 Å². The van der Waals surface area contributed by atoms with Crippen molar-refractivity contribution in [1.82, 2.24) is 9.21 Å². The quantitative estimate of drug-likeness (QED) is 0.786. The topological polar surface area (TPSA) is 77.9 Å². The first-order valence-corrected chi connectivity index (χ1v) is 11.8. The molecule has 2 fully saturated rings. The minimum Gasteiger partial charge on any atom is -0.395 e. The number of carbonyl (C=O) groups is 1. The second kappa shape index (κ2) is 7.44. The van der Waals surface area contributed by atoms with Crippen LogP contribution in [0.1, 0.15) is 24.8 Å². The van der Waals surface area contributed by atoms with E-state index in [1.54, 1.807) is 24.0 Å². The van der Waals surface area contributed by atoms with Gasteiger partial charge in [-0.2, -0.15) is 4.31 Å². The van der Waals surface area contributed by atoms with Gasteiger partial charge in [0.15, 0.2) is 0 Å². The van der Waals surface area contributed by atoms with Gasteiger partial charge >= 0.3 is 0 Å². The zero-order chi connectivity index (χ0) is 21.7. The highest BCUT2D eigenvalue weighted by molar-refractivity contribution is 7.88. The summed E-state index contributed by atoms with van der Waals surface area (Å²) in [6, 6.07) is 13.4. The molecule has 0 aromatic heterocycles. The summed E-state index contributed by atoms with van der Waals surface area (Å²) >= 11 is 0. The number of rotatable bonds is 5. The van der Waals surface area contributed by atoms with Crippen molar-refractivity contribution in [1.29, 1.82) is 0 Å². The highest BCUT2D eigenvalue weighted by Gasteiger charge is 2.69. The molecule has 0 radical (unpaired) electrons. The van der Waals surface area contributed by atoms with Crippen molar-refractivity contribution in [3.63, 3.8) is 0 Å².